The number of amides is 1. The van der Waals surface area contributed by atoms with Crippen LogP contribution >= 0.6 is 0 Å². The highest BCUT2D eigenvalue weighted by Gasteiger charge is 2.31. The summed E-state index contributed by atoms with van der Waals surface area (Å²) in [5, 5.41) is 8.76. The Balaban J connectivity index is 2.35. The lowest BCUT2D eigenvalue weighted by Crippen LogP contribution is -2.34. The number of rotatable bonds is 1. The number of halogens is 1. The first-order valence-corrected chi connectivity index (χ1v) is 6.73. The number of nitrogens with zero attached hydrogens (tertiary/aromatic N) is 1. The van der Waals surface area contributed by atoms with Crippen LogP contribution in [0.1, 0.15) is 36.2 Å². The lowest BCUT2D eigenvalue weighted by Gasteiger charge is -2.22. The molecule has 20 heavy (non-hydrogen) atoms. The van der Waals surface area contributed by atoms with Gasteiger partial charge in [-0.25, -0.2) is 4.39 Å². The Hall–Kier alpha value is -1.86. The number of aliphatic hydroxyl groups excluding tert-OH is 1. The average Bonchev–Trinajstić information content (AvgIpc) is 2.75. The minimum absolute atomic E-state index is 0.152. The fourth-order valence-electron chi connectivity index (χ4n) is 2.67. The Morgan fingerprint density at radius 1 is 1.50 bits per heavy atom. The van der Waals surface area contributed by atoms with E-state index in [9.17, 15) is 9.18 Å². The molecule has 1 aromatic carbocycles. The molecule has 1 aliphatic heterocycles. The Morgan fingerprint density at radius 3 is 2.85 bits per heavy atom. The minimum atomic E-state index is -0.456. The van der Waals surface area contributed by atoms with Crippen LogP contribution in [0.5, 0.6) is 0 Å². The number of aliphatic hydroxyl groups is 1. The van der Waals surface area contributed by atoms with Crippen molar-refractivity contribution in [2.45, 2.75) is 26.3 Å². The van der Waals surface area contributed by atoms with Gasteiger partial charge in [0.15, 0.2) is 0 Å². The second-order valence-electron chi connectivity index (χ2n) is 5.30. The fraction of sp³-hybridized carbons (Fsp3) is 0.438. The maximum absolute atomic E-state index is 13.4. The van der Waals surface area contributed by atoms with Gasteiger partial charge in [0, 0.05) is 18.2 Å². The van der Waals surface area contributed by atoms with Crippen LogP contribution in [-0.4, -0.2) is 35.1 Å². The molecule has 0 spiro atoms. The highest BCUT2D eigenvalue weighted by Crippen LogP contribution is 2.25. The van der Waals surface area contributed by atoms with E-state index in [2.05, 4.69) is 18.8 Å². The lowest BCUT2D eigenvalue weighted by atomic mass is 10.1. The summed E-state index contributed by atoms with van der Waals surface area (Å²) >= 11 is 0. The van der Waals surface area contributed by atoms with Gasteiger partial charge in [0.1, 0.15) is 12.4 Å². The van der Waals surface area contributed by atoms with E-state index in [0.717, 1.165) is 6.42 Å². The lowest BCUT2D eigenvalue weighted by molar-refractivity contribution is 0.0743. The third kappa shape index (κ3) is 3.00. The van der Waals surface area contributed by atoms with Crippen molar-refractivity contribution in [2.75, 3.05) is 13.2 Å². The summed E-state index contributed by atoms with van der Waals surface area (Å²) < 4.78 is 13.4. The van der Waals surface area contributed by atoms with Gasteiger partial charge in [0.05, 0.1) is 5.56 Å². The first-order valence-electron chi connectivity index (χ1n) is 6.73. The molecule has 1 aromatic rings. The van der Waals surface area contributed by atoms with Crippen molar-refractivity contribution in [3.05, 3.63) is 35.1 Å². The largest absolute Gasteiger partial charge is 0.384 e. The van der Waals surface area contributed by atoms with Crippen LogP contribution in [0, 0.1) is 23.6 Å². The van der Waals surface area contributed by atoms with E-state index in [0.29, 0.717) is 18.0 Å². The van der Waals surface area contributed by atoms with Gasteiger partial charge in [-0.3, -0.25) is 4.79 Å². The molecule has 1 fully saturated rings. The fourth-order valence-corrected chi connectivity index (χ4v) is 2.67. The normalized spacial score (nSPS) is 21.5. The second-order valence-corrected chi connectivity index (χ2v) is 5.30. The molecule has 0 saturated carbocycles. The summed E-state index contributed by atoms with van der Waals surface area (Å²) in [6, 6.07) is 4.13. The number of hydrogen-bond donors (Lipinski definition) is 1. The van der Waals surface area contributed by atoms with E-state index in [4.69, 9.17) is 5.11 Å². The maximum atomic E-state index is 13.4. The summed E-state index contributed by atoms with van der Waals surface area (Å²) in [6.45, 7) is 4.49. The Labute approximate surface area is 118 Å². The standard InChI is InChI=1S/C16H18FNO2/c1-11-8-12(2)18(10-11)16(20)15-9-14(17)6-5-13(15)4-3-7-19/h5-6,9,11-12,19H,7-8,10H2,1-2H3. The summed E-state index contributed by atoms with van der Waals surface area (Å²) in [4.78, 5) is 14.3. The molecular weight excluding hydrogens is 257 g/mol. The van der Waals surface area contributed by atoms with Gasteiger partial charge in [-0.1, -0.05) is 18.8 Å². The minimum Gasteiger partial charge on any atom is -0.384 e. The molecule has 3 nitrogen and oxygen atoms in total. The molecule has 2 rings (SSSR count). The van der Waals surface area contributed by atoms with Crippen molar-refractivity contribution in [1.82, 2.24) is 4.90 Å². The van der Waals surface area contributed by atoms with Crippen LogP contribution in [0.25, 0.3) is 0 Å². The molecule has 0 aliphatic carbocycles. The molecule has 2 unspecified atom stereocenters. The highest BCUT2D eigenvalue weighted by molar-refractivity contribution is 5.97. The van der Waals surface area contributed by atoms with Crippen LogP contribution in [0.15, 0.2) is 18.2 Å². The van der Waals surface area contributed by atoms with Crippen LogP contribution in [0.4, 0.5) is 4.39 Å². The second kappa shape index (κ2) is 6.06. The smallest absolute Gasteiger partial charge is 0.255 e. The third-order valence-electron chi connectivity index (χ3n) is 3.56. The van der Waals surface area contributed by atoms with Gasteiger partial charge < -0.3 is 10.0 Å². The zero-order valence-electron chi connectivity index (χ0n) is 11.7. The van der Waals surface area contributed by atoms with E-state index in [1.807, 2.05) is 6.92 Å². The molecule has 106 valence electrons. The quantitative estimate of drug-likeness (QED) is 0.797. The number of carbonyl (C=O) groups excluding carboxylic acids is 1. The Bertz CT molecular complexity index is 574. The SMILES string of the molecule is CC1CC(C)N(C(=O)c2cc(F)ccc2C#CCO)C1. The monoisotopic (exact) mass is 275 g/mol. The summed E-state index contributed by atoms with van der Waals surface area (Å²) in [5.74, 6) is 5.01. The third-order valence-corrected chi connectivity index (χ3v) is 3.56. The van der Waals surface area contributed by atoms with Crippen molar-refractivity contribution in [3.63, 3.8) is 0 Å². The maximum Gasteiger partial charge on any atom is 0.255 e. The Morgan fingerprint density at radius 2 is 2.25 bits per heavy atom. The number of benzene rings is 1. The number of likely N-dealkylation sites (tertiary alicyclic amines) is 1. The molecule has 2 atom stereocenters. The van der Waals surface area contributed by atoms with Crippen molar-refractivity contribution < 1.29 is 14.3 Å². The summed E-state index contributed by atoms with van der Waals surface area (Å²) in [7, 11) is 0. The van der Waals surface area contributed by atoms with Crippen molar-refractivity contribution in [1.29, 1.82) is 0 Å². The zero-order valence-corrected chi connectivity index (χ0v) is 11.7. The topological polar surface area (TPSA) is 40.5 Å². The number of carbonyl (C=O) groups is 1. The molecule has 0 aromatic heterocycles. The number of hydrogen-bond acceptors (Lipinski definition) is 2. The van der Waals surface area contributed by atoms with Gasteiger partial charge in [0.2, 0.25) is 0 Å². The molecule has 1 heterocycles. The van der Waals surface area contributed by atoms with E-state index >= 15 is 0 Å². The Kier molecular flexibility index (Phi) is 4.41. The van der Waals surface area contributed by atoms with Crippen LogP contribution in [0.2, 0.25) is 0 Å². The van der Waals surface area contributed by atoms with Gasteiger partial charge in [-0.2, -0.15) is 0 Å². The molecule has 1 N–H and O–H groups in total. The molecule has 4 heteroatoms. The van der Waals surface area contributed by atoms with Crippen LogP contribution in [0.3, 0.4) is 0 Å². The van der Waals surface area contributed by atoms with Gasteiger partial charge in [-0.05, 0) is 37.5 Å². The van der Waals surface area contributed by atoms with Crippen molar-refractivity contribution in [2.24, 2.45) is 5.92 Å². The molecule has 1 amide bonds. The van der Waals surface area contributed by atoms with Gasteiger partial charge in [0.25, 0.3) is 5.91 Å². The zero-order chi connectivity index (χ0) is 14.7. The summed E-state index contributed by atoms with van der Waals surface area (Å²) in [5.41, 5.74) is 0.726. The first kappa shape index (κ1) is 14.5. The molecular formula is C16H18FNO2. The van der Waals surface area contributed by atoms with E-state index in [1.165, 1.54) is 18.2 Å². The van der Waals surface area contributed by atoms with Gasteiger partial charge >= 0.3 is 0 Å². The highest BCUT2D eigenvalue weighted by atomic mass is 19.1. The molecule has 0 bridgehead atoms. The molecule has 1 saturated heterocycles. The van der Waals surface area contributed by atoms with Crippen molar-refractivity contribution in [3.8, 4) is 11.8 Å². The van der Waals surface area contributed by atoms with Crippen LogP contribution < -0.4 is 0 Å². The molecule has 1 aliphatic rings. The first-order chi connectivity index (χ1) is 9.52. The summed E-state index contributed by atoms with van der Waals surface area (Å²) in [6.07, 6.45) is 0.957. The van der Waals surface area contributed by atoms with E-state index < -0.39 is 5.82 Å². The average molecular weight is 275 g/mol. The van der Waals surface area contributed by atoms with E-state index in [-0.39, 0.29) is 24.1 Å². The van der Waals surface area contributed by atoms with E-state index in [1.54, 1.807) is 4.90 Å². The van der Waals surface area contributed by atoms with Crippen LogP contribution in [-0.2, 0) is 0 Å². The van der Waals surface area contributed by atoms with Crippen molar-refractivity contribution >= 4 is 5.91 Å². The van der Waals surface area contributed by atoms with Gasteiger partial charge in [-0.15, -0.1) is 0 Å². The predicted octanol–water partition coefficient (Wildman–Crippen LogP) is 2.04. The molecule has 0 radical (unpaired) electrons. The predicted molar refractivity (Wildman–Crippen MR) is 74.6 cm³/mol.